The summed E-state index contributed by atoms with van der Waals surface area (Å²) in [5.74, 6) is -3.02. The topological polar surface area (TPSA) is 132 Å². The Labute approximate surface area is 220 Å². The standard InChI is InChI=1S/C28H44N4O5/c1-18(2)17-23(27(34)31-30-26(33)20(5)29)25(28(35)32-37-24-13-9-10-16-36-24)22(19(3)4)15-14-21-11-7-6-8-12-21/h6-8,11-12,14-15,18-20,22-25H,9-10,13,16-17,29H2,1-5H3,(H,30,33)(H,31,34)(H,32,35)/b15-14+/t20-,22?,23-,24?,25+/m1/s1. The number of benzene rings is 1. The fourth-order valence-electron chi connectivity index (χ4n) is 4.42. The highest BCUT2D eigenvalue weighted by Crippen LogP contribution is 2.34. The quantitative estimate of drug-likeness (QED) is 0.315. The van der Waals surface area contributed by atoms with Crippen molar-refractivity contribution in [3.63, 3.8) is 0 Å². The normalized spacial score (nSPS) is 19.3. The number of hydroxylamine groups is 1. The molecule has 1 fully saturated rings. The minimum absolute atomic E-state index is 0.0303. The Morgan fingerprint density at radius 3 is 2.27 bits per heavy atom. The number of ether oxygens (including phenoxy) is 1. The molecule has 1 aliphatic rings. The van der Waals surface area contributed by atoms with E-state index in [0.29, 0.717) is 19.4 Å². The summed E-state index contributed by atoms with van der Waals surface area (Å²) in [6.45, 7) is 10.1. The fraction of sp³-hybridized carbons (Fsp3) is 0.607. The van der Waals surface area contributed by atoms with Gasteiger partial charge in [0.25, 0.3) is 5.91 Å². The molecule has 0 aliphatic carbocycles. The molecule has 1 saturated heterocycles. The molecule has 9 heteroatoms. The van der Waals surface area contributed by atoms with Crippen LogP contribution in [0.15, 0.2) is 36.4 Å². The second-order valence-corrected chi connectivity index (χ2v) is 10.5. The molecule has 0 aromatic heterocycles. The van der Waals surface area contributed by atoms with Crippen LogP contribution in [0.25, 0.3) is 6.08 Å². The largest absolute Gasteiger partial charge is 0.350 e. The Balaban J connectivity index is 2.37. The maximum absolute atomic E-state index is 13.7. The van der Waals surface area contributed by atoms with Gasteiger partial charge in [0.1, 0.15) is 0 Å². The van der Waals surface area contributed by atoms with Gasteiger partial charge in [-0.25, -0.2) is 10.3 Å². The zero-order valence-corrected chi connectivity index (χ0v) is 22.7. The smallest absolute Gasteiger partial charge is 0.254 e. The van der Waals surface area contributed by atoms with Gasteiger partial charge in [0.2, 0.25) is 11.8 Å². The molecule has 1 heterocycles. The first-order valence-electron chi connectivity index (χ1n) is 13.3. The van der Waals surface area contributed by atoms with Crippen molar-refractivity contribution in [2.45, 2.75) is 72.6 Å². The molecule has 37 heavy (non-hydrogen) atoms. The monoisotopic (exact) mass is 516 g/mol. The van der Waals surface area contributed by atoms with Crippen LogP contribution in [0.3, 0.4) is 0 Å². The van der Waals surface area contributed by atoms with Crippen LogP contribution in [0.1, 0.15) is 65.9 Å². The predicted molar refractivity (Wildman–Crippen MR) is 143 cm³/mol. The van der Waals surface area contributed by atoms with Crippen molar-refractivity contribution in [1.82, 2.24) is 16.3 Å². The molecule has 1 aromatic rings. The molecule has 0 radical (unpaired) electrons. The second kappa shape index (κ2) is 15.5. The summed E-state index contributed by atoms with van der Waals surface area (Å²) in [5.41, 5.74) is 14.1. The Morgan fingerprint density at radius 1 is 1.03 bits per heavy atom. The van der Waals surface area contributed by atoms with Gasteiger partial charge in [-0.05, 0) is 49.5 Å². The van der Waals surface area contributed by atoms with E-state index in [1.54, 1.807) is 0 Å². The number of nitrogens with two attached hydrogens (primary N) is 1. The van der Waals surface area contributed by atoms with E-state index in [1.807, 2.05) is 70.2 Å². The first kappa shape index (κ1) is 30.5. The molecule has 0 spiro atoms. The highest BCUT2D eigenvalue weighted by Gasteiger charge is 2.40. The van der Waals surface area contributed by atoms with E-state index < -0.39 is 41.9 Å². The molecule has 0 bridgehead atoms. The van der Waals surface area contributed by atoms with Gasteiger partial charge in [-0.2, -0.15) is 0 Å². The number of hydrogen-bond acceptors (Lipinski definition) is 6. The number of nitrogens with one attached hydrogen (secondary N) is 3. The minimum Gasteiger partial charge on any atom is -0.350 e. The molecule has 206 valence electrons. The molecule has 1 aromatic carbocycles. The Kier molecular flexibility index (Phi) is 12.8. The fourth-order valence-corrected chi connectivity index (χ4v) is 4.42. The number of hydrazine groups is 1. The number of rotatable bonds is 12. The second-order valence-electron chi connectivity index (χ2n) is 10.5. The maximum Gasteiger partial charge on any atom is 0.254 e. The SMILES string of the molecule is CC(C)C[C@@H](C(=O)NNC(=O)[C@@H](C)N)[C@@H](C(=O)NOC1CCCCO1)C(/C=C/c1ccccc1)C(C)C. The number of amides is 3. The van der Waals surface area contributed by atoms with Crippen LogP contribution in [0.5, 0.6) is 0 Å². The van der Waals surface area contributed by atoms with Gasteiger partial charge < -0.3 is 10.5 Å². The Bertz CT molecular complexity index is 882. The van der Waals surface area contributed by atoms with Crippen LogP contribution >= 0.6 is 0 Å². The molecule has 2 rings (SSSR count). The van der Waals surface area contributed by atoms with Crippen LogP contribution < -0.4 is 22.1 Å². The van der Waals surface area contributed by atoms with Gasteiger partial charge in [0.05, 0.1) is 17.9 Å². The van der Waals surface area contributed by atoms with Gasteiger partial charge in [-0.3, -0.25) is 25.2 Å². The molecule has 0 saturated carbocycles. The van der Waals surface area contributed by atoms with Gasteiger partial charge in [0.15, 0.2) is 6.29 Å². The van der Waals surface area contributed by atoms with Crippen molar-refractivity contribution < 1.29 is 24.0 Å². The lowest BCUT2D eigenvalue weighted by molar-refractivity contribution is -0.203. The van der Waals surface area contributed by atoms with E-state index in [0.717, 1.165) is 18.4 Å². The van der Waals surface area contributed by atoms with Gasteiger partial charge in [0, 0.05) is 13.0 Å². The zero-order valence-electron chi connectivity index (χ0n) is 22.7. The van der Waals surface area contributed by atoms with E-state index in [2.05, 4.69) is 16.3 Å². The average Bonchev–Trinajstić information content (AvgIpc) is 2.87. The number of carbonyl (C=O) groups excluding carboxylic acids is 3. The van der Waals surface area contributed by atoms with Crippen molar-refractivity contribution in [3.8, 4) is 0 Å². The first-order chi connectivity index (χ1) is 17.6. The van der Waals surface area contributed by atoms with E-state index >= 15 is 0 Å². The summed E-state index contributed by atoms with van der Waals surface area (Å²) < 4.78 is 5.59. The molecular formula is C28H44N4O5. The number of allylic oxidation sites excluding steroid dienone is 1. The number of hydrogen-bond donors (Lipinski definition) is 4. The Hall–Kier alpha value is -2.75. The third kappa shape index (κ3) is 10.3. The lowest BCUT2D eigenvalue weighted by Crippen LogP contribution is -2.53. The highest BCUT2D eigenvalue weighted by atomic mass is 16.8. The summed E-state index contributed by atoms with van der Waals surface area (Å²) in [7, 11) is 0. The summed E-state index contributed by atoms with van der Waals surface area (Å²) in [6, 6.07) is 9.01. The van der Waals surface area contributed by atoms with Crippen LogP contribution in [0.4, 0.5) is 0 Å². The van der Waals surface area contributed by atoms with Gasteiger partial charge in [-0.1, -0.05) is 70.2 Å². The molecule has 5 atom stereocenters. The van der Waals surface area contributed by atoms with Gasteiger partial charge >= 0.3 is 0 Å². The summed E-state index contributed by atoms with van der Waals surface area (Å²) in [4.78, 5) is 44.7. The van der Waals surface area contributed by atoms with E-state index in [4.69, 9.17) is 15.3 Å². The average molecular weight is 517 g/mol. The van der Waals surface area contributed by atoms with Crippen LogP contribution in [-0.4, -0.2) is 36.7 Å². The third-order valence-electron chi connectivity index (χ3n) is 6.44. The number of carbonyl (C=O) groups is 3. The molecule has 3 amide bonds. The van der Waals surface area contributed by atoms with Crippen LogP contribution in [0.2, 0.25) is 0 Å². The summed E-state index contributed by atoms with van der Waals surface area (Å²) in [5, 5.41) is 0. The van der Waals surface area contributed by atoms with Crippen molar-refractivity contribution >= 4 is 23.8 Å². The molecular weight excluding hydrogens is 472 g/mol. The highest BCUT2D eigenvalue weighted by molar-refractivity contribution is 5.90. The van der Waals surface area contributed by atoms with Crippen LogP contribution in [-0.2, 0) is 24.0 Å². The van der Waals surface area contributed by atoms with Gasteiger partial charge in [-0.15, -0.1) is 0 Å². The zero-order chi connectivity index (χ0) is 27.4. The Morgan fingerprint density at radius 2 is 1.70 bits per heavy atom. The van der Waals surface area contributed by atoms with E-state index in [9.17, 15) is 14.4 Å². The van der Waals surface area contributed by atoms with Crippen molar-refractivity contribution in [2.24, 2.45) is 35.3 Å². The minimum atomic E-state index is -0.788. The first-order valence-corrected chi connectivity index (χ1v) is 13.3. The van der Waals surface area contributed by atoms with E-state index in [1.165, 1.54) is 6.92 Å². The van der Waals surface area contributed by atoms with Crippen LogP contribution in [0, 0.1) is 29.6 Å². The lowest BCUT2D eigenvalue weighted by atomic mass is 9.72. The molecule has 9 nitrogen and oxygen atoms in total. The lowest BCUT2D eigenvalue weighted by Gasteiger charge is -2.34. The van der Waals surface area contributed by atoms with Crippen molar-refractivity contribution in [1.29, 1.82) is 0 Å². The summed E-state index contributed by atoms with van der Waals surface area (Å²) >= 11 is 0. The predicted octanol–water partition coefficient (Wildman–Crippen LogP) is 3.32. The van der Waals surface area contributed by atoms with E-state index in [-0.39, 0.29) is 17.8 Å². The molecule has 1 aliphatic heterocycles. The maximum atomic E-state index is 13.7. The third-order valence-corrected chi connectivity index (χ3v) is 6.44. The molecule has 2 unspecified atom stereocenters. The summed E-state index contributed by atoms with van der Waals surface area (Å²) in [6.07, 6.45) is 6.47. The van der Waals surface area contributed by atoms with Crippen molar-refractivity contribution in [3.05, 3.63) is 42.0 Å². The molecule has 5 N–H and O–H groups in total. The van der Waals surface area contributed by atoms with Crippen molar-refractivity contribution in [2.75, 3.05) is 6.61 Å².